The first-order valence-electron chi connectivity index (χ1n) is 9.01. The summed E-state index contributed by atoms with van der Waals surface area (Å²) in [6, 6.07) is 16.2. The second-order valence-electron chi connectivity index (χ2n) is 6.59. The van der Waals surface area contributed by atoms with Gasteiger partial charge in [-0.15, -0.1) is 0 Å². The molecule has 3 rings (SSSR count). The molecule has 0 bridgehead atoms. The zero-order valence-electron chi connectivity index (χ0n) is 15.0. The molecule has 134 valence electrons. The van der Waals surface area contributed by atoms with E-state index in [1.807, 2.05) is 36.4 Å². The molecular formula is C21H27NO3. The highest BCUT2D eigenvalue weighted by molar-refractivity contribution is 5.46. The summed E-state index contributed by atoms with van der Waals surface area (Å²) < 4.78 is 17.3. The van der Waals surface area contributed by atoms with Crippen molar-refractivity contribution in [3.63, 3.8) is 0 Å². The van der Waals surface area contributed by atoms with E-state index >= 15 is 0 Å². The summed E-state index contributed by atoms with van der Waals surface area (Å²) in [6.45, 7) is 6.37. The van der Waals surface area contributed by atoms with Crippen molar-refractivity contribution in [2.24, 2.45) is 0 Å². The number of nitrogens with one attached hydrogen (secondary N) is 1. The van der Waals surface area contributed by atoms with Crippen LogP contribution in [0.3, 0.4) is 0 Å². The van der Waals surface area contributed by atoms with Crippen molar-refractivity contribution in [2.75, 3.05) is 25.1 Å². The van der Waals surface area contributed by atoms with Crippen molar-refractivity contribution in [3.05, 3.63) is 54.1 Å². The first-order valence-corrected chi connectivity index (χ1v) is 9.01. The van der Waals surface area contributed by atoms with Crippen LogP contribution in [0.4, 0.5) is 5.69 Å². The fraction of sp³-hybridized carbons (Fsp3) is 0.429. The number of ether oxygens (including phenoxy) is 3. The number of anilines is 1. The first-order chi connectivity index (χ1) is 12.2. The maximum atomic E-state index is 5.91. The summed E-state index contributed by atoms with van der Waals surface area (Å²) in [5.41, 5.74) is 2.30. The lowest BCUT2D eigenvalue weighted by atomic mass is 10.2. The van der Waals surface area contributed by atoms with E-state index in [-0.39, 0.29) is 12.2 Å². The minimum Gasteiger partial charge on any atom is -0.491 e. The molecule has 0 radical (unpaired) electrons. The van der Waals surface area contributed by atoms with Crippen molar-refractivity contribution in [2.45, 2.75) is 38.9 Å². The van der Waals surface area contributed by atoms with Crippen LogP contribution < -0.4 is 14.8 Å². The minimum atomic E-state index is 0.0816. The van der Waals surface area contributed by atoms with Crippen molar-refractivity contribution < 1.29 is 14.2 Å². The molecule has 0 aliphatic carbocycles. The van der Waals surface area contributed by atoms with Crippen molar-refractivity contribution in [3.8, 4) is 11.5 Å². The Morgan fingerprint density at radius 1 is 1.08 bits per heavy atom. The van der Waals surface area contributed by atoms with Gasteiger partial charge in [-0.05, 0) is 63.1 Å². The maximum absolute atomic E-state index is 5.91. The highest BCUT2D eigenvalue weighted by Gasteiger charge is 2.15. The van der Waals surface area contributed by atoms with E-state index in [4.69, 9.17) is 14.2 Å². The molecule has 0 spiro atoms. The summed E-state index contributed by atoms with van der Waals surface area (Å²) in [6.07, 6.45) is 2.56. The van der Waals surface area contributed by atoms with Crippen LogP contribution in [0.1, 0.15) is 25.3 Å². The summed E-state index contributed by atoms with van der Waals surface area (Å²) in [5.74, 6) is 1.78. The molecule has 2 aromatic carbocycles. The number of aryl methyl sites for hydroxylation is 1. The predicted molar refractivity (Wildman–Crippen MR) is 101 cm³/mol. The van der Waals surface area contributed by atoms with E-state index in [1.165, 1.54) is 5.56 Å². The van der Waals surface area contributed by atoms with Gasteiger partial charge in [-0.1, -0.05) is 17.7 Å². The normalized spacial score (nSPS) is 17.9. The summed E-state index contributed by atoms with van der Waals surface area (Å²) in [4.78, 5) is 0. The first kappa shape index (κ1) is 17.6. The fourth-order valence-electron chi connectivity index (χ4n) is 2.79. The molecule has 2 aromatic rings. The van der Waals surface area contributed by atoms with Gasteiger partial charge in [-0.2, -0.15) is 0 Å². The molecule has 0 aromatic heterocycles. The molecule has 0 saturated carbocycles. The molecule has 0 amide bonds. The van der Waals surface area contributed by atoms with Crippen LogP contribution in [0.15, 0.2) is 48.5 Å². The Hall–Kier alpha value is -2.20. The predicted octanol–water partition coefficient (Wildman–Crippen LogP) is 4.43. The quantitative estimate of drug-likeness (QED) is 0.771. The average Bonchev–Trinajstić information content (AvgIpc) is 3.15. The van der Waals surface area contributed by atoms with E-state index in [0.717, 1.165) is 43.2 Å². The molecule has 1 aliphatic rings. The van der Waals surface area contributed by atoms with Gasteiger partial charge in [0.1, 0.15) is 24.2 Å². The highest BCUT2D eigenvalue weighted by atomic mass is 16.5. The van der Waals surface area contributed by atoms with Crippen LogP contribution in [0.25, 0.3) is 0 Å². The SMILES string of the molecule is Cc1ccc(O[C@@H](C)CNc2ccc(OC[C@@H]3CCCO3)cc2)cc1. The van der Waals surface area contributed by atoms with E-state index in [1.54, 1.807) is 0 Å². The third-order valence-electron chi connectivity index (χ3n) is 4.27. The monoisotopic (exact) mass is 341 g/mol. The Morgan fingerprint density at radius 2 is 1.80 bits per heavy atom. The molecule has 1 N–H and O–H groups in total. The van der Waals surface area contributed by atoms with Gasteiger partial charge < -0.3 is 19.5 Å². The lowest BCUT2D eigenvalue weighted by Gasteiger charge is -2.17. The molecule has 0 unspecified atom stereocenters. The zero-order valence-corrected chi connectivity index (χ0v) is 15.0. The highest BCUT2D eigenvalue weighted by Crippen LogP contribution is 2.19. The van der Waals surface area contributed by atoms with E-state index < -0.39 is 0 Å². The maximum Gasteiger partial charge on any atom is 0.119 e. The van der Waals surface area contributed by atoms with Crippen LogP contribution in [-0.2, 0) is 4.74 Å². The minimum absolute atomic E-state index is 0.0816. The molecule has 25 heavy (non-hydrogen) atoms. The van der Waals surface area contributed by atoms with Crippen LogP contribution in [0, 0.1) is 6.92 Å². The average molecular weight is 341 g/mol. The van der Waals surface area contributed by atoms with Gasteiger partial charge in [0.15, 0.2) is 0 Å². The third-order valence-corrected chi connectivity index (χ3v) is 4.27. The Labute approximate surface area is 150 Å². The number of benzene rings is 2. The number of hydrogen-bond acceptors (Lipinski definition) is 4. The second kappa shape index (κ2) is 8.77. The van der Waals surface area contributed by atoms with Gasteiger partial charge in [0.25, 0.3) is 0 Å². The smallest absolute Gasteiger partial charge is 0.119 e. The molecule has 1 fully saturated rings. The third kappa shape index (κ3) is 5.68. The molecule has 1 saturated heterocycles. The molecule has 4 nitrogen and oxygen atoms in total. The molecule has 1 aliphatic heterocycles. The van der Waals surface area contributed by atoms with Crippen LogP contribution >= 0.6 is 0 Å². The fourth-order valence-corrected chi connectivity index (χ4v) is 2.79. The van der Waals surface area contributed by atoms with Crippen molar-refractivity contribution in [1.29, 1.82) is 0 Å². The zero-order chi connectivity index (χ0) is 17.5. The van der Waals surface area contributed by atoms with E-state index in [2.05, 4.69) is 31.3 Å². The van der Waals surface area contributed by atoms with Gasteiger partial charge >= 0.3 is 0 Å². The Morgan fingerprint density at radius 3 is 2.48 bits per heavy atom. The molecule has 2 atom stereocenters. The number of hydrogen-bond donors (Lipinski definition) is 1. The largest absolute Gasteiger partial charge is 0.491 e. The lowest BCUT2D eigenvalue weighted by Crippen LogP contribution is -2.22. The Kier molecular flexibility index (Phi) is 6.18. The molecule has 4 heteroatoms. The summed E-state index contributed by atoms with van der Waals surface area (Å²) in [7, 11) is 0. The van der Waals surface area contributed by atoms with Crippen molar-refractivity contribution in [1.82, 2.24) is 0 Å². The van der Waals surface area contributed by atoms with Gasteiger partial charge in [-0.25, -0.2) is 0 Å². The Bertz CT molecular complexity index is 633. The van der Waals surface area contributed by atoms with Crippen LogP contribution in [0.2, 0.25) is 0 Å². The lowest BCUT2D eigenvalue weighted by molar-refractivity contribution is 0.0679. The van der Waals surface area contributed by atoms with Gasteiger partial charge in [0, 0.05) is 12.3 Å². The standard InChI is InChI=1S/C21H27NO3/c1-16-5-9-20(10-6-16)25-17(2)14-22-18-7-11-19(12-8-18)24-15-21-4-3-13-23-21/h5-12,17,21-22H,3-4,13-15H2,1-2H3/t17-,21-/m0/s1. The summed E-state index contributed by atoms with van der Waals surface area (Å²) >= 11 is 0. The van der Waals surface area contributed by atoms with Gasteiger partial charge in [0.05, 0.1) is 12.6 Å². The van der Waals surface area contributed by atoms with Crippen LogP contribution in [-0.4, -0.2) is 32.0 Å². The van der Waals surface area contributed by atoms with Gasteiger partial charge in [-0.3, -0.25) is 0 Å². The molecule has 1 heterocycles. The van der Waals surface area contributed by atoms with Gasteiger partial charge in [0.2, 0.25) is 0 Å². The topological polar surface area (TPSA) is 39.7 Å². The molecular weight excluding hydrogens is 314 g/mol. The second-order valence-corrected chi connectivity index (χ2v) is 6.59. The van der Waals surface area contributed by atoms with E-state index in [0.29, 0.717) is 6.61 Å². The number of rotatable bonds is 8. The van der Waals surface area contributed by atoms with Crippen molar-refractivity contribution >= 4 is 5.69 Å². The summed E-state index contributed by atoms with van der Waals surface area (Å²) in [5, 5.41) is 3.40. The van der Waals surface area contributed by atoms with Crippen LogP contribution in [0.5, 0.6) is 11.5 Å². The Balaban J connectivity index is 1.40. The van der Waals surface area contributed by atoms with E-state index in [9.17, 15) is 0 Å².